The molecule has 0 unspecified atom stereocenters. The Kier molecular flexibility index (Phi) is 5.96. The predicted octanol–water partition coefficient (Wildman–Crippen LogP) is 3.37. The molecule has 0 aliphatic carbocycles. The minimum atomic E-state index is -4.63. The third kappa shape index (κ3) is 4.29. The summed E-state index contributed by atoms with van der Waals surface area (Å²) in [6.07, 6.45) is 0. The maximum absolute atomic E-state index is 11.7. The Morgan fingerprint density at radius 3 is 1.29 bits per heavy atom. The summed E-state index contributed by atoms with van der Waals surface area (Å²) < 4.78 is 71.0. The zero-order valence-corrected chi connectivity index (χ0v) is 17.5. The Morgan fingerprint density at radius 1 is 0.708 bits per heavy atom. The van der Waals surface area contributed by atoms with E-state index in [1.807, 2.05) is 0 Å². The Bertz CT molecular complexity index is 911. The van der Waals surface area contributed by atoms with Crippen LogP contribution < -0.4 is 7.06 Å². The van der Waals surface area contributed by atoms with Crippen molar-refractivity contribution in [1.29, 1.82) is 0 Å². The summed E-state index contributed by atoms with van der Waals surface area (Å²) in [5, 5.41) is 0. The fraction of sp³-hybridized carbons (Fsp3) is 0. The van der Waals surface area contributed by atoms with Crippen LogP contribution in [0.2, 0.25) is 0 Å². The molecule has 0 heterocycles. The van der Waals surface area contributed by atoms with Crippen molar-refractivity contribution in [3.63, 3.8) is 0 Å². The number of nitrogens with one attached hydrogen (secondary N) is 2. The second-order valence-corrected chi connectivity index (χ2v) is 8.42. The van der Waals surface area contributed by atoms with Crippen molar-refractivity contribution < 1.29 is 25.9 Å². The Balaban J connectivity index is 2.87. The SMILES string of the molecule is O=S(=O)(O)c1cc(NI)ccc1-c1ccc(NI)cc1S(=O)(=O)O. The highest BCUT2D eigenvalue weighted by Gasteiger charge is 2.23. The molecule has 0 bridgehead atoms. The molecule has 0 saturated heterocycles. The van der Waals surface area contributed by atoms with Gasteiger partial charge in [-0.2, -0.15) is 16.8 Å². The van der Waals surface area contributed by atoms with E-state index in [0.29, 0.717) is 11.4 Å². The maximum atomic E-state index is 11.7. The van der Waals surface area contributed by atoms with E-state index in [2.05, 4.69) is 7.06 Å². The van der Waals surface area contributed by atoms with E-state index in [4.69, 9.17) is 0 Å². The smallest absolute Gasteiger partial charge is 0.295 e. The fourth-order valence-corrected chi connectivity index (χ4v) is 4.17. The van der Waals surface area contributed by atoms with Crippen LogP contribution >= 0.6 is 45.7 Å². The Labute approximate surface area is 166 Å². The molecule has 12 heteroatoms. The van der Waals surface area contributed by atoms with Crippen LogP contribution in [0.5, 0.6) is 0 Å². The van der Waals surface area contributed by atoms with Gasteiger partial charge in [-0.1, -0.05) is 12.1 Å². The highest BCUT2D eigenvalue weighted by atomic mass is 127. The quantitative estimate of drug-likeness (QED) is 0.235. The first-order chi connectivity index (χ1) is 11.1. The number of benzene rings is 2. The van der Waals surface area contributed by atoms with E-state index in [9.17, 15) is 25.9 Å². The van der Waals surface area contributed by atoms with Gasteiger partial charge >= 0.3 is 0 Å². The van der Waals surface area contributed by atoms with Gasteiger partial charge in [0.15, 0.2) is 0 Å². The lowest BCUT2D eigenvalue weighted by atomic mass is 10.0. The molecule has 8 nitrogen and oxygen atoms in total. The first-order valence-electron chi connectivity index (χ1n) is 6.04. The molecule has 2 aromatic rings. The lowest BCUT2D eigenvalue weighted by molar-refractivity contribution is 0.480. The molecule has 0 fully saturated rings. The summed E-state index contributed by atoms with van der Waals surface area (Å²) in [6, 6.07) is 8.02. The normalized spacial score (nSPS) is 12.0. The molecule has 0 amide bonds. The van der Waals surface area contributed by atoms with E-state index in [0.717, 1.165) is 12.1 Å². The zero-order chi connectivity index (χ0) is 18.1. The van der Waals surface area contributed by atoms with Crippen molar-refractivity contribution in [2.24, 2.45) is 0 Å². The lowest BCUT2D eigenvalue weighted by Gasteiger charge is -2.13. The summed E-state index contributed by atoms with van der Waals surface area (Å²) in [6.45, 7) is 0. The summed E-state index contributed by atoms with van der Waals surface area (Å²) in [5.41, 5.74) is 0.679. The van der Waals surface area contributed by atoms with Crippen LogP contribution in [-0.2, 0) is 20.2 Å². The number of rotatable bonds is 5. The molecule has 0 radical (unpaired) electrons. The molecule has 4 N–H and O–H groups in total. The van der Waals surface area contributed by atoms with E-state index >= 15 is 0 Å². The molecular weight excluding hydrogens is 586 g/mol. The molecule has 2 aromatic carbocycles. The number of hydrogen-bond acceptors (Lipinski definition) is 6. The second-order valence-electron chi connectivity index (χ2n) is 4.56. The molecule has 0 atom stereocenters. The van der Waals surface area contributed by atoms with Gasteiger partial charge in [0.25, 0.3) is 20.2 Å². The van der Waals surface area contributed by atoms with Crippen LogP contribution in [0, 0.1) is 0 Å². The molecule has 0 aromatic heterocycles. The first-order valence-corrected chi connectivity index (χ1v) is 11.1. The Morgan fingerprint density at radius 2 is 1.04 bits per heavy atom. The van der Waals surface area contributed by atoms with Crippen LogP contribution in [0.3, 0.4) is 0 Å². The first kappa shape index (κ1) is 19.6. The minimum absolute atomic E-state index is 0.0551. The van der Waals surface area contributed by atoms with Crippen molar-refractivity contribution in [3.8, 4) is 11.1 Å². The molecule has 0 spiro atoms. The molecule has 0 saturated carbocycles. The standard InChI is InChI=1S/C12H10I2N2O6S2/c13-15-7-1-3-9(11(5-7)23(17,18)19)10-4-2-8(16-14)6-12(10)24(20,21)22/h1-6,15-16H,(H,17,18,19)(H,20,21,22). The minimum Gasteiger partial charge on any atom is -0.328 e. The monoisotopic (exact) mass is 596 g/mol. The summed E-state index contributed by atoms with van der Waals surface area (Å²) in [7, 11) is -9.26. The van der Waals surface area contributed by atoms with Gasteiger partial charge in [0.1, 0.15) is 9.79 Å². The zero-order valence-electron chi connectivity index (χ0n) is 11.6. The maximum Gasteiger partial charge on any atom is 0.295 e. The van der Waals surface area contributed by atoms with Gasteiger partial charge in [-0.25, -0.2) is 0 Å². The molecular formula is C12H10I2N2O6S2. The van der Waals surface area contributed by atoms with Crippen LogP contribution in [0.1, 0.15) is 0 Å². The number of anilines is 2. The molecule has 0 aliphatic heterocycles. The van der Waals surface area contributed by atoms with Crippen molar-refractivity contribution in [3.05, 3.63) is 36.4 Å². The Hall–Kier alpha value is -0.680. The van der Waals surface area contributed by atoms with Gasteiger partial charge in [0.2, 0.25) is 0 Å². The average Bonchev–Trinajstić information content (AvgIpc) is 2.52. The van der Waals surface area contributed by atoms with E-state index in [1.54, 1.807) is 45.7 Å². The van der Waals surface area contributed by atoms with Crippen LogP contribution in [0.4, 0.5) is 11.4 Å². The molecule has 2 rings (SSSR count). The predicted molar refractivity (Wildman–Crippen MR) is 107 cm³/mol. The van der Waals surface area contributed by atoms with Gasteiger partial charge in [0.05, 0.1) is 45.7 Å². The third-order valence-corrected chi connectivity index (χ3v) is 6.06. The van der Waals surface area contributed by atoms with E-state index < -0.39 is 30.0 Å². The van der Waals surface area contributed by atoms with Crippen LogP contribution in [-0.4, -0.2) is 25.9 Å². The molecule has 0 aliphatic rings. The lowest BCUT2D eigenvalue weighted by Crippen LogP contribution is -2.06. The summed E-state index contributed by atoms with van der Waals surface area (Å²) in [5.74, 6) is 0. The third-order valence-electron chi connectivity index (χ3n) is 3.03. The van der Waals surface area contributed by atoms with Crippen molar-refractivity contribution in [2.45, 2.75) is 9.79 Å². The summed E-state index contributed by atoms with van der Waals surface area (Å²) >= 11 is 3.56. The largest absolute Gasteiger partial charge is 0.328 e. The van der Waals surface area contributed by atoms with Crippen molar-refractivity contribution in [1.82, 2.24) is 0 Å². The van der Waals surface area contributed by atoms with E-state index in [-0.39, 0.29) is 11.1 Å². The molecule has 130 valence electrons. The highest BCUT2D eigenvalue weighted by Crippen LogP contribution is 2.35. The second kappa shape index (κ2) is 7.28. The van der Waals surface area contributed by atoms with Gasteiger partial charge in [0, 0.05) is 22.5 Å². The fourth-order valence-electron chi connectivity index (χ4n) is 2.03. The number of halogens is 2. The van der Waals surface area contributed by atoms with E-state index in [1.165, 1.54) is 24.3 Å². The van der Waals surface area contributed by atoms with Gasteiger partial charge < -0.3 is 7.06 Å². The van der Waals surface area contributed by atoms with Gasteiger partial charge in [-0.15, -0.1) is 0 Å². The van der Waals surface area contributed by atoms with Crippen molar-refractivity contribution in [2.75, 3.05) is 7.06 Å². The number of hydrogen-bond donors (Lipinski definition) is 4. The highest BCUT2D eigenvalue weighted by molar-refractivity contribution is 14.1. The molecule has 24 heavy (non-hydrogen) atoms. The average molecular weight is 596 g/mol. The van der Waals surface area contributed by atoms with Crippen LogP contribution in [0.25, 0.3) is 11.1 Å². The van der Waals surface area contributed by atoms with Gasteiger partial charge in [-0.05, 0) is 24.3 Å². The van der Waals surface area contributed by atoms with Crippen LogP contribution in [0.15, 0.2) is 46.2 Å². The topological polar surface area (TPSA) is 133 Å². The van der Waals surface area contributed by atoms with Gasteiger partial charge in [-0.3, -0.25) is 9.11 Å². The van der Waals surface area contributed by atoms with Crippen molar-refractivity contribution >= 4 is 77.3 Å². The summed E-state index contributed by atoms with van der Waals surface area (Å²) in [4.78, 5) is -0.964.